The molecular formula is C26H42O8. The summed E-state index contributed by atoms with van der Waals surface area (Å²) < 4.78 is 9.88. The van der Waals surface area contributed by atoms with Gasteiger partial charge in [0.1, 0.15) is 19.3 Å². The van der Waals surface area contributed by atoms with Gasteiger partial charge in [0.15, 0.2) is 17.2 Å². The number of aliphatic hydroxyl groups excluding tert-OH is 1. The van der Waals surface area contributed by atoms with Gasteiger partial charge in [-0.2, -0.15) is 0 Å². The summed E-state index contributed by atoms with van der Waals surface area (Å²) in [7, 11) is 0. The minimum Gasteiger partial charge on any atom is -0.504 e. The summed E-state index contributed by atoms with van der Waals surface area (Å²) in [6, 6.07) is 1.86. The van der Waals surface area contributed by atoms with Gasteiger partial charge in [-0.15, -0.1) is 0 Å². The molecule has 0 aliphatic heterocycles. The molecule has 0 radical (unpaired) electrons. The summed E-state index contributed by atoms with van der Waals surface area (Å²) >= 11 is 0. The Labute approximate surface area is 202 Å². The lowest BCUT2D eigenvalue weighted by Gasteiger charge is -2.12. The molecule has 0 saturated carbocycles. The predicted molar refractivity (Wildman–Crippen MR) is 129 cm³/mol. The number of esters is 2. The van der Waals surface area contributed by atoms with Gasteiger partial charge in [0.05, 0.1) is 5.56 Å². The maximum atomic E-state index is 11.9. The molecule has 1 aromatic rings. The fourth-order valence-electron chi connectivity index (χ4n) is 3.57. The molecule has 0 aliphatic rings. The van der Waals surface area contributed by atoms with Crippen molar-refractivity contribution in [1.82, 2.24) is 0 Å². The zero-order valence-electron chi connectivity index (χ0n) is 20.5. The molecule has 194 valence electrons. The van der Waals surface area contributed by atoms with Gasteiger partial charge in [-0.25, -0.2) is 4.79 Å². The quantitative estimate of drug-likeness (QED) is 0.118. The first kappa shape index (κ1) is 29.6. The Morgan fingerprint density at radius 2 is 1.18 bits per heavy atom. The Kier molecular flexibility index (Phi) is 15.6. The third-order valence-electron chi connectivity index (χ3n) is 5.63. The van der Waals surface area contributed by atoms with E-state index in [0.29, 0.717) is 0 Å². The van der Waals surface area contributed by atoms with Crippen molar-refractivity contribution in [3.05, 3.63) is 17.7 Å². The van der Waals surface area contributed by atoms with Gasteiger partial charge in [0.25, 0.3) is 0 Å². The van der Waals surface area contributed by atoms with Crippen LogP contribution in [0.3, 0.4) is 0 Å². The second-order valence-electron chi connectivity index (χ2n) is 8.79. The van der Waals surface area contributed by atoms with Gasteiger partial charge < -0.3 is 29.9 Å². The van der Waals surface area contributed by atoms with Crippen molar-refractivity contribution in [2.24, 2.45) is 0 Å². The Hall–Kier alpha value is -2.48. The summed E-state index contributed by atoms with van der Waals surface area (Å²) in [5.74, 6) is -3.40. The van der Waals surface area contributed by atoms with Crippen LogP contribution in [0.15, 0.2) is 12.1 Å². The molecule has 0 aliphatic carbocycles. The van der Waals surface area contributed by atoms with E-state index in [-0.39, 0.29) is 18.6 Å². The van der Waals surface area contributed by atoms with Crippen molar-refractivity contribution in [1.29, 1.82) is 0 Å². The van der Waals surface area contributed by atoms with Gasteiger partial charge in [0, 0.05) is 6.42 Å². The standard InChI is InChI=1S/C26H42O8/c1-2-3-4-5-6-7-8-9-10-11-12-13-14-15-24(30)33-18-21(27)19-34-26(32)20-16-22(28)25(31)23(29)17-20/h16-17,21,27-29,31H,2-15,18-19H2,1H3. The van der Waals surface area contributed by atoms with E-state index >= 15 is 0 Å². The van der Waals surface area contributed by atoms with Gasteiger partial charge in [-0.1, -0.05) is 84.0 Å². The molecule has 0 amide bonds. The first-order chi connectivity index (χ1) is 16.3. The second kappa shape index (κ2) is 17.9. The Morgan fingerprint density at radius 1 is 0.735 bits per heavy atom. The van der Waals surface area contributed by atoms with Crippen LogP contribution in [-0.4, -0.2) is 51.7 Å². The zero-order chi connectivity index (χ0) is 25.2. The molecule has 1 rings (SSSR count). The maximum Gasteiger partial charge on any atom is 0.338 e. The van der Waals surface area contributed by atoms with Gasteiger partial charge in [0.2, 0.25) is 0 Å². The van der Waals surface area contributed by atoms with Crippen molar-refractivity contribution in [3.8, 4) is 17.2 Å². The van der Waals surface area contributed by atoms with E-state index in [1.54, 1.807) is 0 Å². The SMILES string of the molecule is CCCCCCCCCCCCCCCC(=O)OCC(O)COC(=O)c1cc(O)c(O)c(O)c1. The van der Waals surface area contributed by atoms with Crippen molar-refractivity contribution < 1.29 is 39.5 Å². The Morgan fingerprint density at radius 3 is 1.68 bits per heavy atom. The molecule has 0 fully saturated rings. The van der Waals surface area contributed by atoms with E-state index in [2.05, 4.69) is 6.92 Å². The van der Waals surface area contributed by atoms with Crippen molar-refractivity contribution in [2.45, 2.75) is 103 Å². The molecule has 34 heavy (non-hydrogen) atoms. The van der Waals surface area contributed by atoms with Crippen molar-refractivity contribution >= 4 is 11.9 Å². The van der Waals surface area contributed by atoms with Crippen LogP contribution in [0.1, 0.15) is 107 Å². The van der Waals surface area contributed by atoms with E-state index < -0.39 is 41.9 Å². The third-order valence-corrected chi connectivity index (χ3v) is 5.63. The van der Waals surface area contributed by atoms with E-state index in [9.17, 15) is 30.0 Å². The average molecular weight is 483 g/mol. The minimum absolute atomic E-state index is 0.195. The Bertz CT molecular complexity index is 696. The number of carbonyl (C=O) groups excluding carboxylic acids is 2. The number of ether oxygens (including phenoxy) is 2. The Balaban J connectivity index is 2.01. The lowest BCUT2D eigenvalue weighted by Crippen LogP contribution is -2.25. The van der Waals surface area contributed by atoms with Gasteiger partial charge in [-0.3, -0.25) is 4.79 Å². The molecule has 1 unspecified atom stereocenters. The summed E-state index contributed by atoms with van der Waals surface area (Å²) in [4.78, 5) is 23.7. The highest BCUT2D eigenvalue weighted by atomic mass is 16.6. The van der Waals surface area contributed by atoms with Crippen LogP contribution in [0.4, 0.5) is 0 Å². The highest BCUT2D eigenvalue weighted by molar-refractivity contribution is 5.91. The molecule has 0 heterocycles. The lowest BCUT2D eigenvalue weighted by atomic mass is 10.0. The first-order valence-electron chi connectivity index (χ1n) is 12.6. The topological polar surface area (TPSA) is 134 Å². The number of unbranched alkanes of at least 4 members (excludes halogenated alkanes) is 12. The van der Waals surface area contributed by atoms with Crippen LogP contribution < -0.4 is 0 Å². The average Bonchev–Trinajstić information content (AvgIpc) is 2.82. The number of hydrogen-bond acceptors (Lipinski definition) is 8. The van der Waals surface area contributed by atoms with Gasteiger partial charge >= 0.3 is 11.9 Å². The highest BCUT2D eigenvalue weighted by Crippen LogP contribution is 2.35. The molecule has 0 spiro atoms. The van der Waals surface area contributed by atoms with Crippen LogP contribution in [0, 0.1) is 0 Å². The second-order valence-corrected chi connectivity index (χ2v) is 8.79. The van der Waals surface area contributed by atoms with Crippen molar-refractivity contribution in [2.75, 3.05) is 13.2 Å². The molecule has 1 atom stereocenters. The molecule has 0 aromatic heterocycles. The molecule has 8 nitrogen and oxygen atoms in total. The monoisotopic (exact) mass is 482 g/mol. The number of phenolic OH excluding ortho intramolecular Hbond substituents is 3. The fraction of sp³-hybridized carbons (Fsp3) is 0.692. The molecule has 0 bridgehead atoms. The van der Waals surface area contributed by atoms with E-state index in [1.165, 1.54) is 64.2 Å². The zero-order valence-corrected chi connectivity index (χ0v) is 20.5. The normalized spacial score (nSPS) is 11.8. The molecule has 0 saturated heterocycles. The summed E-state index contributed by atoms with van der Waals surface area (Å²) in [6.45, 7) is 1.52. The fourth-order valence-corrected chi connectivity index (χ4v) is 3.57. The molecule has 1 aromatic carbocycles. The molecular weight excluding hydrogens is 440 g/mol. The number of rotatable bonds is 19. The van der Waals surface area contributed by atoms with E-state index in [4.69, 9.17) is 9.47 Å². The minimum atomic E-state index is -1.20. The summed E-state index contributed by atoms with van der Waals surface area (Å²) in [6.07, 6.45) is 15.0. The van der Waals surface area contributed by atoms with Crippen LogP contribution in [-0.2, 0) is 14.3 Å². The number of phenols is 3. The number of carbonyl (C=O) groups is 2. The van der Waals surface area contributed by atoms with E-state index in [0.717, 1.165) is 31.4 Å². The number of benzene rings is 1. The smallest absolute Gasteiger partial charge is 0.338 e. The van der Waals surface area contributed by atoms with E-state index in [1.807, 2.05) is 0 Å². The lowest BCUT2D eigenvalue weighted by molar-refractivity contribution is -0.147. The van der Waals surface area contributed by atoms with Crippen LogP contribution >= 0.6 is 0 Å². The highest BCUT2D eigenvalue weighted by Gasteiger charge is 2.17. The molecule has 4 N–H and O–H groups in total. The molecule has 8 heteroatoms. The van der Waals surface area contributed by atoms with Gasteiger partial charge in [-0.05, 0) is 18.6 Å². The van der Waals surface area contributed by atoms with Crippen LogP contribution in [0.5, 0.6) is 17.2 Å². The van der Waals surface area contributed by atoms with Crippen LogP contribution in [0.2, 0.25) is 0 Å². The summed E-state index contributed by atoms with van der Waals surface area (Å²) in [5, 5.41) is 38.0. The maximum absolute atomic E-state index is 11.9. The number of hydrogen-bond donors (Lipinski definition) is 4. The number of aliphatic hydroxyl groups is 1. The largest absolute Gasteiger partial charge is 0.504 e. The van der Waals surface area contributed by atoms with Crippen molar-refractivity contribution in [3.63, 3.8) is 0 Å². The predicted octanol–water partition coefficient (Wildman–Crippen LogP) is 5.35. The summed E-state index contributed by atoms with van der Waals surface area (Å²) in [5.41, 5.74) is -0.195. The van der Waals surface area contributed by atoms with Crippen LogP contribution in [0.25, 0.3) is 0 Å². The number of aromatic hydroxyl groups is 3. The first-order valence-corrected chi connectivity index (χ1v) is 12.6. The third kappa shape index (κ3) is 13.3.